The number of benzene rings is 1. The van der Waals surface area contributed by atoms with E-state index in [2.05, 4.69) is 46.7 Å². The van der Waals surface area contributed by atoms with Crippen LogP contribution in [0.25, 0.3) is 0 Å². The highest BCUT2D eigenvalue weighted by Crippen LogP contribution is 2.23. The van der Waals surface area contributed by atoms with Crippen molar-refractivity contribution in [1.29, 1.82) is 0 Å². The van der Waals surface area contributed by atoms with E-state index in [4.69, 9.17) is 0 Å². The molecule has 134 valence electrons. The van der Waals surface area contributed by atoms with Crippen molar-refractivity contribution in [2.45, 2.75) is 25.4 Å². The molecule has 1 aromatic heterocycles. The number of likely N-dealkylation sites (N-methyl/N-ethyl adjacent to an activating group) is 1. The predicted octanol–water partition coefficient (Wildman–Crippen LogP) is 2.19. The van der Waals surface area contributed by atoms with Gasteiger partial charge >= 0.3 is 0 Å². The second-order valence-corrected chi connectivity index (χ2v) is 8.09. The van der Waals surface area contributed by atoms with Crippen molar-refractivity contribution in [2.75, 3.05) is 39.1 Å². The van der Waals surface area contributed by atoms with Gasteiger partial charge in [-0.3, -0.25) is 4.79 Å². The highest BCUT2D eigenvalue weighted by atomic mass is 32.1. The lowest BCUT2D eigenvalue weighted by atomic mass is 10.2. The second-order valence-electron chi connectivity index (χ2n) is 7.11. The molecule has 1 unspecified atom stereocenters. The molecule has 1 aliphatic rings. The van der Waals surface area contributed by atoms with Crippen molar-refractivity contribution in [1.82, 2.24) is 4.90 Å². The Morgan fingerprint density at radius 1 is 1.20 bits per heavy atom. The Hall–Kier alpha value is -1.85. The Kier molecular flexibility index (Phi) is 5.76. The molecule has 2 heterocycles. The molecule has 0 aliphatic carbocycles. The molecule has 1 aliphatic heterocycles. The SMILES string of the molecule is CN(Cc1ccc(N(C)C)cc1)C(=O)C[NH+]1CCC[C@H]1c1cccs1. The zero-order valence-corrected chi connectivity index (χ0v) is 16.2. The minimum absolute atomic E-state index is 0.232. The highest BCUT2D eigenvalue weighted by molar-refractivity contribution is 7.10. The molecule has 0 bridgehead atoms. The third-order valence-corrected chi connectivity index (χ3v) is 6.03. The zero-order valence-electron chi connectivity index (χ0n) is 15.4. The first-order chi connectivity index (χ1) is 12.0. The first-order valence-electron chi connectivity index (χ1n) is 8.93. The number of likely N-dealkylation sites (tertiary alicyclic amines) is 1. The van der Waals surface area contributed by atoms with Gasteiger partial charge in [-0.1, -0.05) is 18.2 Å². The van der Waals surface area contributed by atoms with Gasteiger partial charge in [-0.15, -0.1) is 11.3 Å². The van der Waals surface area contributed by atoms with E-state index in [1.165, 1.54) is 33.9 Å². The Morgan fingerprint density at radius 3 is 2.60 bits per heavy atom. The number of nitrogens with one attached hydrogen (secondary N) is 1. The third kappa shape index (κ3) is 4.41. The van der Waals surface area contributed by atoms with Crippen LogP contribution >= 0.6 is 11.3 Å². The number of thiophene rings is 1. The number of nitrogens with zero attached hydrogens (tertiary/aromatic N) is 2. The second kappa shape index (κ2) is 8.02. The normalized spacial score (nSPS) is 19.8. The van der Waals surface area contributed by atoms with Crippen LogP contribution in [0.5, 0.6) is 0 Å². The molecule has 0 saturated carbocycles. The fraction of sp³-hybridized carbons (Fsp3) is 0.450. The summed E-state index contributed by atoms with van der Waals surface area (Å²) in [6.45, 7) is 2.36. The van der Waals surface area contributed by atoms with E-state index in [1.54, 1.807) is 0 Å². The molecule has 1 aromatic carbocycles. The Labute approximate surface area is 154 Å². The number of hydrogen-bond acceptors (Lipinski definition) is 3. The van der Waals surface area contributed by atoms with E-state index in [0.29, 0.717) is 19.1 Å². The van der Waals surface area contributed by atoms with Gasteiger partial charge in [0.2, 0.25) is 0 Å². The van der Waals surface area contributed by atoms with Gasteiger partial charge in [0.1, 0.15) is 6.04 Å². The number of quaternary nitrogens is 1. The molecule has 1 saturated heterocycles. The molecule has 25 heavy (non-hydrogen) atoms. The molecular formula is C20H28N3OS+. The number of carbonyl (C=O) groups is 1. The lowest BCUT2D eigenvalue weighted by molar-refractivity contribution is -0.910. The summed E-state index contributed by atoms with van der Waals surface area (Å²) in [5.41, 5.74) is 2.35. The summed E-state index contributed by atoms with van der Waals surface area (Å²) in [5, 5.41) is 2.14. The average Bonchev–Trinajstić information content (AvgIpc) is 3.26. The lowest BCUT2D eigenvalue weighted by Crippen LogP contribution is -3.11. The monoisotopic (exact) mass is 358 g/mol. The molecule has 2 aromatic rings. The first-order valence-corrected chi connectivity index (χ1v) is 9.81. The standard InChI is InChI=1S/C20H27N3OS/c1-21(2)17-10-8-16(9-11-17)14-22(3)20(24)15-23-12-4-6-18(23)19-7-5-13-25-19/h5,7-11,13,18H,4,6,12,14-15H2,1-3H3/p+1/t18-/m0/s1. The Bertz CT molecular complexity index is 681. The molecular weight excluding hydrogens is 330 g/mol. The van der Waals surface area contributed by atoms with Gasteiger partial charge in [-0.2, -0.15) is 0 Å². The lowest BCUT2D eigenvalue weighted by Gasteiger charge is -2.24. The van der Waals surface area contributed by atoms with Gasteiger partial charge in [-0.05, 0) is 29.1 Å². The van der Waals surface area contributed by atoms with E-state index in [1.807, 2.05) is 37.4 Å². The van der Waals surface area contributed by atoms with Crippen LogP contribution in [0.2, 0.25) is 0 Å². The van der Waals surface area contributed by atoms with Crippen LogP contribution in [0.4, 0.5) is 5.69 Å². The topological polar surface area (TPSA) is 28.0 Å². The summed E-state index contributed by atoms with van der Waals surface area (Å²) in [6.07, 6.45) is 2.40. The Morgan fingerprint density at radius 2 is 1.96 bits per heavy atom. The molecule has 3 rings (SSSR count). The molecule has 5 heteroatoms. The highest BCUT2D eigenvalue weighted by Gasteiger charge is 2.32. The van der Waals surface area contributed by atoms with E-state index in [-0.39, 0.29) is 5.91 Å². The van der Waals surface area contributed by atoms with Gasteiger partial charge < -0.3 is 14.7 Å². The average molecular weight is 359 g/mol. The molecule has 2 atom stereocenters. The minimum atomic E-state index is 0.232. The molecule has 1 amide bonds. The fourth-order valence-electron chi connectivity index (χ4n) is 3.55. The summed E-state index contributed by atoms with van der Waals surface area (Å²) >= 11 is 1.82. The Balaban J connectivity index is 1.57. The van der Waals surface area contributed by atoms with Crippen molar-refractivity contribution < 1.29 is 9.69 Å². The van der Waals surface area contributed by atoms with E-state index >= 15 is 0 Å². The van der Waals surface area contributed by atoms with Gasteiger partial charge in [0.05, 0.1) is 11.4 Å². The van der Waals surface area contributed by atoms with Gasteiger partial charge in [0.15, 0.2) is 6.54 Å². The van der Waals surface area contributed by atoms with Crippen LogP contribution in [-0.2, 0) is 11.3 Å². The van der Waals surface area contributed by atoms with Gasteiger partial charge in [0.25, 0.3) is 5.91 Å². The van der Waals surface area contributed by atoms with Crippen LogP contribution < -0.4 is 9.80 Å². The molecule has 0 spiro atoms. The number of carbonyl (C=O) groups excluding carboxylic acids is 1. The summed E-state index contributed by atoms with van der Waals surface area (Å²) in [7, 11) is 5.98. The predicted molar refractivity (Wildman–Crippen MR) is 104 cm³/mol. The summed E-state index contributed by atoms with van der Waals surface area (Å²) < 4.78 is 0. The van der Waals surface area contributed by atoms with Crippen LogP contribution in [0.1, 0.15) is 29.3 Å². The number of rotatable bonds is 6. The molecule has 1 fully saturated rings. The third-order valence-electron chi connectivity index (χ3n) is 5.05. The van der Waals surface area contributed by atoms with Crippen LogP contribution in [-0.4, -0.2) is 45.0 Å². The van der Waals surface area contributed by atoms with Crippen LogP contribution in [0.3, 0.4) is 0 Å². The largest absolute Gasteiger partial charge is 0.378 e. The minimum Gasteiger partial charge on any atom is -0.378 e. The summed E-state index contributed by atoms with van der Waals surface area (Å²) in [6, 6.07) is 13.2. The molecule has 0 radical (unpaired) electrons. The maximum absolute atomic E-state index is 12.7. The zero-order chi connectivity index (χ0) is 17.8. The van der Waals surface area contributed by atoms with E-state index in [9.17, 15) is 4.79 Å². The van der Waals surface area contributed by atoms with Crippen LogP contribution in [0.15, 0.2) is 41.8 Å². The van der Waals surface area contributed by atoms with E-state index < -0.39 is 0 Å². The molecule has 1 N–H and O–H groups in total. The maximum Gasteiger partial charge on any atom is 0.277 e. The van der Waals surface area contributed by atoms with Gasteiger partial charge in [-0.25, -0.2) is 0 Å². The summed E-state index contributed by atoms with van der Waals surface area (Å²) in [5.74, 6) is 0.232. The van der Waals surface area contributed by atoms with Crippen molar-refractivity contribution in [2.24, 2.45) is 0 Å². The maximum atomic E-state index is 12.7. The number of hydrogen-bond donors (Lipinski definition) is 1. The number of amides is 1. The van der Waals surface area contributed by atoms with E-state index in [0.717, 1.165) is 6.54 Å². The number of anilines is 1. The quantitative estimate of drug-likeness (QED) is 0.857. The first kappa shape index (κ1) is 18.0. The molecule has 4 nitrogen and oxygen atoms in total. The smallest absolute Gasteiger partial charge is 0.277 e. The van der Waals surface area contributed by atoms with Crippen molar-refractivity contribution >= 4 is 22.9 Å². The van der Waals surface area contributed by atoms with Crippen LogP contribution in [0, 0.1) is 0 Å². The van der Waals surface area contributed by atoms with Crippen molar-refractivity contribution in [3.8, 4) is 0 Å². The summed E-state index contributed by atoms with van der Waals surface area (Å²) in [4.78, 5) is 19.5. The van der Waals surface area contributed by atoms with Gasteiger partial charge in [0, 0.05) is 46.2 Å². The fourth-order valence-corrected chi connectivity index (χ4v) is 4.47. The van der Waals surface area contributed by atoms with Crippen molar-refractivity contribution in [3.05, 3.63) is 52.2 Å². The van der Waals surface area contributed by atoms with Crippen molar-refractivity contribution in [3.63, 3.8) is 0 Å².